The molecule has 0 atom stereocenters. The van der Waals surface area contributed by atoms with Crippen LogP contribution in [0.5, 0.6) is 0 Å². The molecule has 0 bridgehead atoms. The van der Waals surface area contributed by atoms with Gasteiger partial charge in [0.05, 0.1) is 12.3 Å². The fourth-order valence-corrected chi connectivity index (χ4v) is 2.13. The Morgan fingerprint density at radius 2 is 2.00 bits per heavy atom. The van der Waals surface area contributed by atoms with Gasteiger partial charge in [0, 0.05) is 12.0 Å². The van der Waals surface area contributed by atoms with Crippen LogP contribution in [0, 0.1) is 0 Å². The molecule has 106 valence electrons. The molecular weight excluding hydrogens is 261 g/mol. The van der Waals surface area contributed by atoms with Gasteiger partial charge in [0.15, 0.2) is 0 Å². The summed E-state index contributed by atoms with van der Waals surface area (Å²) in [5.41, 5.74) is 1.32. The Morgan fingerprint density at radius 1 is 1.26 bits per heavy atom. The molecule has 0 aliphatic heterocycles. The first-order valence-corrected chi connectivity index (χ1v) is 6.21. The smallest absolute Gasteiger partial charge is 0.372 e. The van der Waals surface area contributed by atoms with Gasteiger partial charge in [0.2, 0.25) is 0 Å². The van der Waals surface area contributed by atoms with Crippen molar-refractivity contribution in [3.63, 3.8) is 0 Å². The summed E-state index contributed by atoms with van der Waals surface area (Å²) in [6.07, 6.45) is -0.688. The van der Waals surface area contributed by atoms with Crippen molar-refractivity contribution >= 4 is 0 Å². The van der Waals surface area contributed by atoms with Crippen LogP contribution < -0.4 is 5.56 Å². The molecular formula is C12H15F3N2O2. The van der Waals surface area contributed by atoms with Crippen LogP contribution in [0.25, 0.3) is 0 Å². The number of aromatic nitrogens is 2. The fraction of sp³-hybridized carbons (Fsp3) is 0.667. The van der Waals surface area contributed by atoms with Crippen molar-refractivity contribution in [1.82, 2.24) is 9.97 Å². The molecule has 0 fully saturated rings. The highest BCUT2D eigenvalue weighted by atomic mass is 19.4. The van der Waals surface area contributed by atoms with Gasteiger partial charge in [-0.2, -0.15) is 13.2 Å². The summed E-state index contributed by atoms with van der Waals surface area (Å²) in [6.45, 7) is -1.39. The average Bonchev–Trinajstić information content (AvgIpc) is 2.34. The number of rotatable bonds is 4. The lowest BCUT2D eigenvalue weighted by molar-refractivity contribution is -0.173. The van der Waals surface area contributed by atoms with Crippen molar-refractivity contribution < 1.29 is 17.9 Å². The minimum Gasteiger partial charge on any atom is -0.372 e. The van der Waals surface area contributed by atoms with E-state index in [2.05, 4.69) is 14.7 Å². The van der Waals surface area contributed by atoms with E-state index in [4.69, 9.17) is 0 Å². The summed E-state index contributed by atoms with van der Waals surface area (Å²) in [5, 5.41) is 0. The molecule has 0 radical (unpaired) electrons. The summed E-state index contributed by atoms with van der Waals surface area (Å²) < 4.78 is 40.1. The van der Waals surface area contributed by atoms with E-state index in [1.807, 2.05) is 0 Å². The highest BCUT2D eigenvalue weighted by Gasteiger charge is 2.27. The third-order valence-corrected chi connectivity index (χ3v) is 2.99. The first-order chi connectivity index (χ1) is 8.96. The van der Waals surface area contributed by atoms with Crippen LogP contribution >= 0.6 is 0 Å². The molecule has 0 amide bonds. The van der Waals surface area contributed by atoms with Crippen LogP contribution in [0.15, 0.2) is 4.79 Å². The van der Waals surface area contributed by atoms with E-state index in [9.17, 15) is 18.0 Å². The first-order valence-electron chi connectivity index (χ1n) is 6.21. The van der Waals surface area contributed by atoms with Gasteiger partial charge in [-0.3, -0.25) is 4.79 Å². The minimum atomic E-state index is -4.32. The third-order valence-electron chi connectivity index (χ3n) is 2.99. The predicted molar refractivity (Wildman–Crippen MR) is 62.1 cm³/mol. The van der Waals surface area contributed by atoms with E-state index in [0.29, 0.717) is 11.4 Å². The summed E-state index contributed by atoms with van der Waals surface area (Å²) >= 11 is 0. The van der Waals surface area contributed by atoms with Crippen LogP contribution in [0.3, 0.4) is 0 Å². The van der Waals surface area contributed by atoms with Gasteiger partial charge >= 0.3 is 6.18 Å². The standard InChI is InChI=1S/C12H15F3N2O2/c13-12(14,15)7-19-6-5-10-16-9-4-2-1-3-8(9)11(18)17-10/h1-7H2,(H,16,17,18). The Balaban J connectivity index is 1.94. The molecule has 1 heterocycles. The molecule has 1 aliphatic rings. The Kier molecular flexibility index (Phi) is 4.24. The molecule has 0 aromatic carbocycles. The first kappa shape index (κ1) is 14.0. The lowest BCUT2D eigenvalue weighted by atomic mass is 9.97. The number of aryl methyl sites for hydroxylation is 1. The van der Waals surface area contributed by atoms with Crippen molar-refractivity contribution in [3.05, 3.63) is 27.4 Å². The number of hydrogen-bond donors (Lipinski definition) is 1. The van der Waals surface area contributed by atoms with Crippen LogP contribution in [-0.4, -0.2) is 29.4 Å². The van der Waals surface area contributed by atoms with Crippen LogP contribution in [-0.2, 0) is 24.0 Å². The Bertz CT molecular complexity index is 497. The van der Waals surface area contributed by atoms with Crippen LogP contribution in [0.4, 0.5) is 13.2 Å². The molecule has 2 rings (SSSR count). The van der Waals surface area contributed by atoms with Crippen LogP contribution in [0.2, 0.25) is 0 Å². The highest BCUT2D eigenvalue weighted by molar-refractivity contribution is 5.20. The molecule has 1 aromatic rings. The number of nitrogens with one attached hydrogen (secondary N) is 1. The second kappa shape index (κ2) is 5.73. The average molecular weight is 276 g/mol. The monoisotopic (exact) mass is 276 g/mol. The number of H-pyrrole nitrogens is 1. The second-order valence-corrected chi connectivity index (χ2v) is 4.56. The zero-order chi connectivity index (χ0) is 13.9. The zero-order valence-electron chi connectivity index (χ0n) is 10.3. The van der Waals surface area contributed by atoms with Gasteiger partial charge in [-0.25, -0.2) is 4.98 Å². The highest BCUT2D eigenvalue weighted by Crippen LogP contribution is 2.16. The second-order valence-electron chi connectivity index (χ2n) is 4.56. The third kappa shape index (κ3) is 4.05. The number of hydrogen-bond acceptors (Lipinski definition) is 3. The lowest BCUT2D eigenvalue weighted by Gasteiger charge is -2.14. The van der Waals surface area contributed by atoms with Crippen molar-refractivity contribution in [2.75, 3.05) is 13.2 Å². The lowest BCUT2D eigenvalue weighted by Crippen LogP contribution is -2.24. The minimum absolute atomic E-state index is 0.110. The Labute approximate surface area is 108 Å². The van der Waals surface area contributed by atoms with Crippen LogP contribution in [0.1, 0.15) is 29.9 Å². The summed E-state index contributed by atoms with van der Waals surface area (Å²) in [4.78, 5) is 18.7. The van der Waals surface area contributed by atoms with E-state index in [0.717, 1.165) is 31.4 Å². The van der Waals surface area contributed by atoms with Crippen molar-refractivity contribution in [2.24, 2.45) is 0 Å². The SMILES string of the molecule is O=c1[nH]c(CCOCC(F)(F)F)nc2c1CCCC2. The maximum atomic E-state index is 11.9. The largest absolute Gasteiger partial charge is 0.411 e. The number of alkyl halides is 3. The van der Waals surface area contributed by atoms with Crippen molar-refractivity contribution in [2.45, 2.75) is 38.3 Å². The van der Waals surface area contributed by atoms with E-state index >= 15 is 0 Å². The molecule has 19 heavy (non-hydrogen) atoms. The quantitative estimate of drug-likeness (QED) is 0.853. The molecule has 0 spiro atoms. The maximum absolute atomic E-state index is 11.9. The van der Waals surface area contributed by atoms with E-state index in [1.54, 1.807) is 0 Å². The topological polar surface area (TPSA) is 55.0 Å². The fourth-order valence-electron chi connectivity index (χ4n) is 2.13. The van der Waals surface area contributed by atoms with E-state index in [-0.39, 0.29) is 18.6 Å². The molecule has 4 nitrogen and oxygen atoms in total. The van der Waals surface area contributed by atoms with Crippen molar-refractivity contribution in [1.29, 1.82) is 0 Å². The van der Waals surface area contributed by atoms with Gasteiger partial charge in [-0.05, 0) is 25.7 Å². The number of halogens is 3. The maximum Gasteiger partial charge on any atom is 0.411 e. The van der Waals surface area contributed by atoms with Gasteiger partial charge < -0.3 is 9.72 Å². The number of aromatic amines is 1. The molecule has 0 saturated carbocycles. The predicted octanol–water partition coefficient (Wildman–Crippen LogP) is 1.77. The van der Waals surface area contributed by atoms with Gasteiger partial charge in [-0.1, -0.05) is 0 Å². The van der Waals surface area contributed by atoms with Gasteiger partial charge in [0.25, 0.3) is 5.56 Å². The zero-order valence-corrected chi connectivity index (χ0v) is 10.3. The normalized spacial score (nSPS) is 15.3. The molecule has 0 unspecified atom stereocenters. The summed E-state index contributed by atoms with van der Waals surface area (Å²) in [6, 6.07) is 0. The van der Waals surface area contributed by atoms with E-state index < -0.39 is 12.8 Å². The van der Waals surface area contributed by atoms with E-state index in [1.165, 1.54) is 0 Å². The Hall–Kier alpha value is -1.37. The molecule has 7 heteroatoms. The number of ether oxygens (including phenoxy) is 1. The summed E-state index contributed by atoms with van der Waals surface area (Å²) in [7, 11) is 0. The molecule has 0 saturated heterocycles. The molecule has 1 aromatic heterocycles. The number of nitrogens with zero attached hydrogens (tertiary/aromatic N) is 1. The molecule has 1 aliphatic carbocycles. The number of fused-ring (bicyclic) bond motifs is 1. The Morgan fingerprint density at radius 3 is 2.74 bits per heavy atom. The summed E-state index contributed by atoms with van der Waals surface area (Å²) in [5.74, 6) is 0.396. The molecule has 1 N–H and O–H groups in total. The van der Waals surface area contributed by atoms with Gasteiger partial charge in [0.1, 0.15) is 12.4 Å². The van der Waals surface area contributed by atoms with Gasteiger partial charge in [-0.15, -0.1) is 0 Å². The van der Waals surface area contributed by atoms with Crippen molar-refractivity contribution in [3.8, 4) is 0 Å².